The lowest BCUT2D eigenvalue weighted by molar-refractivity contribution is 0.143. The van der Waals surface area contributed by atoms with Crippen LogP contribution in [0.2, 0.25) is 0 Å². The highest BCUT2D eigenvalue weighted by Crippen LogP contribution is 2.29. The molecule has 1 aliphatic rings. The molecule has 5 aromatic rings. The summed E-state index contributed by atoms with van der Waals surface area (Å²) in [5.74, 6) is 0.471. The Morgan fingerprint density at radius 2 is 1.57 bits per heavy atom. The van der Waals surface area contributed by atoms with Crippen LogP contribution in [0.5, 0.6) is 0 Å². The molecular weight excluding hydrogens is 436 g/mol. The van der Waals surface area contributed by atoms with Gasteiger partial charge < -0.3 is 9.42 Å². The molecule has 1 aliphatic heterocycles. The van der Waals surface area contributed by atoms with Gasteiger partial charge in [0, 0.05) is 32.7 Å². The summed E-state index contributed by atoms with van der Waals surface area (Å²) < 4.78 is 5.29. The maximum Gasteiger partial charge on any atom is 0.323 e. The number of urea groups is 1. The van der Waals surface area contributed by atoms with Gasteiger partial charge in [-0.05, 0) is 45.7 Å². The lowest BCUT2D eigenvalue weighted by Gasteiger charge is -2.34. The Kier molecular flexibility index (Phi) is 5.64. The van der Waals surface area contributed by atoms with Gasteiger partial charge >= 0.3 is 6.03 Å². The van der Waals surface area contributed by atoms with Gasteiger partial charge in [-0.1, -0.05) is 78.0 Å². The molecule has 0 spiro atoms. The van der Waals surface area contributed by atoms with Gasteiger partial charge in [0.15, 0.2) is 11.4 Å². The maximum atomic E-state index is 12.8. The standard InChI is InChI=1S/C29H26N4O2/c34-29(30-28-26-12-3-4-14-27(26)35-31-28)33-17-15-32(16-18-33)20-21-7-5-10-23(19-21)25-13-6-9-22-8-1-2-11-24(22)25/h1-14,19H,15-18,20H2,(H,30,31,34). The summed E-state index contributed by atoms with van der Waals surface area (Å²) in [6, 6.07) is 31.2. The molecule has 35 heavy (non-hydrogen) atoms. The average Bonchev–Trinajstić information content (AvgIpc) is 3.31. The third kappa shape index (κ3) is 4.36. The molecule has 2 heterocycles. The second kappa shape index (κ2) is 9.24. The normalized spacial score (nSPS) is 14.5. The Labute approximate surface area is 203 Å². The van der Waals surface area contributed by atoms with Gasteiger partial charge in [-0.3, -0.25) is 10.2 Å². The number of carbonyl (C=O) groups is 1. The Balaban J connectivity index is 1.10. The van der Waals surface area contributed by atoms with Crippen LogP contribution in [-0.4, -0.2) is 47.2 Å². The fraction of sp³-hybridized carbons (Fsp3) is 0.172. The molecule has 4 aromatic carbocycles. The molecule has 0 atom stereocenters. The van der Waals surface area contributed by atoms with Crippen molar-refractivity contribution in [2.45, 2.75) is 6.54 Å². The first kappa shape index (κ1) is 21.4. The zero-order chi connectivity index (χ0) is 23.6. The van der Waals surface area contributed by atoms with Gasteiger partial charge in [0.1, 0.15) is 0 Å². The third-order valence-corrected chi connectivity index (χ3v) is 6.70. The summed E-state index contributed by atoms with van der Waals surface area (Å²) in [6.07, 6.45) is 0. The second-order valence-electron chi connectivity index (χ2n) is 8.95. The quantitative estimate of drug-likeness (QED) is 0.356. The smallest absolute Gasteiger partial charge is 0.323 e. The number of anilines is 1. The van der Waals surface area contributed by atoms with E-state index in [2.05, 4.69) is 82.1 Å². The molecule has 174 valence electrons. The maximum absolute atomic E-state index is 12.8. The predicted molar refractivity (Wildman–Crippen MR) is 139 cm³/mol. The second-order valence-corrected chi connectivity index (χ2v) is 8.95. The predicted octanol–water partition coefficient (Wildman–Crippen LogP) is 6.00. The molecule has 0 bridgehead atoms. The number of rotatable bonds is 4. The first-order valence-electron chi connectivity index (χ1n) is 11.9. The summed E-state index contributed by atoms with van der Waals surface area (Å²) in [5.41, 5.74) is 4.43. The molecule has 6 nitrogen and oxygen atoms in total. The van der Waals surface area contributed by atoms with E-state index in [9.17, 15) is 4.79 Å². The Bertz CT molecular complexity index is 1500. The molecule has 6 heteroatoms. The van der Waals surface area contributed by atoms with Crippen LogP contribution in [0.25, 0.3) is 32.9 Å². The average molecular weight is 463 g/mol. The van der Waals surface area contributed by atoms with E-state index >= 15 is 0 Å². The summed E-state index contributed by atoms with van der Waals surface area (Å²) in [6.45, 7) is 3.86. The van der Waals surface area contributed by atoms with Crippen molar-refractivity contribution in [3.8, 4) is 11.1 Å². The molecule has 6 rings (SSSR count). The van der Waals surface area contributed by atoms with Crippen LogP contribution in [0.4, 0.5) is 10.6 Å². The van der Waals surface area contributed by atoms with Crippen LogP contribution < -0.4 is 5.32 Å². The third-order valence-electron chi connectivity index (χ3n) is 6.70. The molecule has 1 saturated heterocycles. The number of fused-ring (bicyclic) bond motifs is 2. The van der Waals surface area contributed by atoms with Crippen LogP contribution in [-0.2, 0) is 6.54 Å². The first-order chi connectivity index (χ1) is 17.2. The topological polar surface area (TPSA) is 61.6 Å². The highest BCUT2D eigenvalue weighted by molar-refractivity contribution is 5.98. The van der Waals surface area contributed by atoms with E-state index in [-0.39, 0.29) is 6.03 Å². The fourth-order valence-corrected chi connectivity index (χ4v) is 4.84. The summed E-state index contributed by atoms with van der Waals surface area (Å²) in [4.78, 5) is 17.0. The van der Waals surface area contributed by atoms with E-state index in [0.717, 1.165) is 25.0 Å². The van der Waals surface area contributed by atoms with Crippen molar-refractivity contribution in [1.29, 1.82) is 0 Å². The van der Waals surface area contributed by atoms with Gasteiger partial charge in [0.25, 0.3) is 0 Å². The summed E-state index contributed by atoms with van der Waals surface area (Å²) in [5, 5.41) is 10.2. The Morgan fingerprint density at radius 3 is 2.46 bits per heavy atom. The van der Waals surface area contributed by atoms with Gasteiger partial charge in [-0.25, -0.2) is 4.79 Å². The van der Waals surface area contributed by atoms with E-state index in [4.69, 9.17) is 4.52 Å². The van der Waals surface area contributed by atoms with E-state index in [1.54, 1.807) is 0 Å². The van der Waals surface area contributed by atoms with Crippen LogP contribution in [0.3, 0.4) is 0 Å². The van der Waals surface area contributed by atoms with Crippen LogP contribution in [0.15, 0.2) is 95.5 Å². The van der Waals surface area contributed by atoms with Gasteiger partial charge in [-0.2, -0.15) is 0 Å². The summed E-state index contributed by atoms with van der Waals surface area (Å²) in [7, 11) is 0. The van der Waals surface area contributed by atoms with Crippen LogP contribution in [0.1, 0.15) is 5.56 Å². The molecule has 0 saturated carbocycles. The number of hydrogen-bond acceptors (Lipinski definition) is 4. The van der Waals surface area contributed by atoms with Crippen LogP contribution in [0, 0.1) is 0 Å². The van der Waals surface area contributed by atoms with E-state index in [1.807, 2.05) is 29.2 Å². The Morgan fingerprint density at radius 1 is 0.829 bits per heavy atom. The van der Waals surface area contributed by atoms with Crippen molar-refractivity contribution in [2.75, 3.05) is 31.5 Å². The number of amides is 2. The first-order valence-corrected chi connectivity index (χ1v) is 11.9. The number of hydrogen-bond donors (Lipinski definition) is 1. The SMILES string of the molecule is O=C(Nc1noc2ccccc12)N1CCN(Cc2cccc(-c3cccc4ccccc34)c2)CC1. The Hall–Kier alpha value is -4.16. The zero-order valence-electron chi connectivity index (χ0n) is 19.4. The largest absolute Gasteiger partial charge is 0.354 e. The molecule has 0 aliphatic carbocycles. The number of aromatic nitrogens is 1. The van der Waals surface area contributed by atoms with E-state index < -0.39 is 0 Å². The molecule has 1 fully saturated rings. The zero-order valence-corrected chi connectivity index (χ0v) is 19.4. The van der Waals surface area contributed by atoms with Crippen LogP contribution >= 0.6 is 0 Å². The van der Waals surface area contributed by atoms with E-state index in [1.165, 1.54) is 27.5 Å². The number of carbonyl (C=O) groups excluding carboxylic acids is 1. The molecule has 1 N–H and O–H groups in total. The molecule has 0 unspecified atom stereocenters. The van der Waals surface area contributed by atoms with Crippen molar-refractivity contribution >= 4 is 33.6 Å². The van der Waals surface area contributed by atoms with Gasteiger partial charge in [-0.15, -0.1) is 0 Å². The molecule has 0 radical (unpaired) electrons. The molecule has 1 aromatic heterocycles. The minimum Gasteiger partial charge on any atom is -0.354 e. The highest BCUT2D eigenvalue weighted by atomic mass is 16.5. The van der Waals surface area contributed by atoms with Crippen molar-refractivity contribution in [2.24, 2.45) is 0 Å². The number of benzene rings is 4. The number of piperazine rings is 1. The number of para-hydroxylation sites is 1. The van der Waals surface area contributed by atoms with Crippen molar-refractivity contribution in [3.63, 3.8) is 0 Å². The fourth-order valence-electron chi connectivity index (χ4n) is 4.84. The van der Waals surface area contributed by atoms with Crippen molar-refractivity contribution < 1.29 is 9.32 Å². The van der Waals surface area contributed by atoms with E-state index in [0.29, 0.717) is 24.5 Å². The lowest BCUT2D eigenvalue weighted by Crippen LogP contribution is -2.49. The molecular formula is C29H26N4O2. The van der Waals surface area contributed by atoms with Gasteiger partial charge in [0.2, 0.25) is 0 Å². The van der Waals surface area contributed by atoms with Gasteiger partial charge in [0.05, 0.1) is 5.39 Å². The minimum absolute atomic E-state index is 0.137. The lowest BCUT2D eigenvalue weighted by atomic mass is 9.97. The summed E-state index contributed by atoms with van der Waals surface area (Å²) >= 11 is 0. The van der Waals surface area contributed by atoms with Crippen molar-refractivity contribution in [3.05, 3.63) is 96.6 Å². The van der Waals surface area contributed by atoms with Crippen molar-refractivity contribution in [1.82, 2.24) is 15.0 Å². The monoisotopic (exact) mass is 462 g/mol. The minimum atomic E-state index is -0.137. The highest BCUT2D eigenvalue weighted by Gasteiger charge is 2.22. The number of nitrogens with zero attached hydrogens (tertiary/aromatic N) is 3. The number of nitrogens with one attached hydrogen (secondary N) is 1. The molecule has 2 amide bonds.